The van der Waals surface area contributed by atoms with E-state index in [-0.39, 0.29) is 5.54 Å². The van der Waals surface area contributed by atoms with Gasteiger partial charge in [-0.1, -0.05) is 12.1 Å². The third-order valence-electron chi connectivity index (χ3n) is 2.60. The summed E-state index contributed by atoms with van der Waals surface area (Å²) in [7, 11) is 0. The topological polar surface area (TPSA) is 35.2 Å². The Morgan fingerprint density at radius 1 is 1.31 bits per heavy atom. The third kappa shape index (κ3) is 4.23. The van der Waals surface area contributed by atoms with E-state index in [9.17, 15) is 0 Å². The zero-order chi connectivity index (χ0) is 12.2. The Morgan fingerprint density at radius 3 is 2.50 bits per heavy atom. The predicted molar refractivity (Wildman–Crippen MR) is 68.9 cm³/mol. The van der Waals surface area contributed by atoms with Gasteiger partial charge in [-0.3, -0.25) is 0 Å². The fourth-order valence-corrected chi connectivity index (χ4v) is 1.65. The highest BCUT2D eigenvalue weighted by Gasteiger charge is 2.10. The molecule has 0 aliphatic carbocycles. The van der Waals surface area contributed by atoms with Crippen LogP contribution in [0.3, 0.4) is 0 Å². The largest absolute Gasteiger partial charge is 0.494 e. The Balaban J connectivity index is 2.66. The minimum Gasteiger partial charge on any atom is -0.494 e. The van der Waals surface area contributed by atoms with Crippen LogP contribution in [0, 0.1) is 6.92 Å². The molecule has 1 aromatic rings. The molecule has 0 saturated carbocycles. The summed E-state index contributed by atoms with van der Waals surface area (Å²) < 4.78 is 5.51. The van der Waals surface area contributed by atoms with Crippen LogP contribution in [0.25, 0.3) is 0 Å². The van der Waals surface area contributed by atoms with Crippen molar-refractivity contribution in [3.8, 4) is 5.75 Å². The van der Waals surface area contributed by atoms with Crippen LogP contribution in [0.1, 0.15) is 38.3 Å². The number of nitrogens with two attached hydrogens (primary N) is 1. The molecule has 0 atom stereocenters. The average Bonchev–Trinajstić information content (AvgIpc) is 2.18. The van der Waals surface area contributed by atoms with Gasteiger partial charge in [0, 0.05) is 5.54 Å². The molecule has 0 fully saturated rings. The van der Waals surface area contributed by atoms with Gasteiger partial charge >= 0.3 is 0 Å². The molecule has 2 heteroatoms. The first kappa shape index (κ1) is 13.0. The summed E-state index contributed by atoms with van der Waals surface area (Å²) in [5, 5.41) is 0. The van der Waals surface area contributed by atoms with Crippen molar-refractivity contribution in [3.05, 3.63) is 29.3 Å². The smallest absolute Gasteiger partial charge is 0.122 e. The van der Waals surface area contributed by atoms with Crippen LogP contribution < -0.4 is 10.5 Å². The van der Waals surface area contributed by atoms with E-state index < -0.39 is 0 Å². The molecular weight excluding hydrogens is 198 g/mol. The summed E-state index contributed by atoms with van der Waals surface area (Å²) in [6.07, 6.45) is 2.02. The zero-order valence-corrected chi connectivity index (χ0v) is 10.8. The lowest BCUT2D eigenvalue weighted by Gasteiger charge is -2.18. The van der Waals surface area contributed by atoms with E-state index in [2.05, 4.69) is 39.0 Å². The number of hydrogen-bond donors (Lipinski definition) is 1. The molecule has 0 aromatic heterocycles. The summed E-state index contributed by atoms with van der Waals surface area (Å²) in [4.78, 5) is 0. The van der Waals surface area contributed by atoms with E-state index in [1.54, 1.807) is 0 Å². The average molecular weight is 221 g/mol. The molecule has 0 heterocycles. The maximum atomic E-state index is 5.97. The highest BCUT2D eigenvalue weighted by atomic mass is 16.5. The van der Waals surface area contributed by atoms with Gasteiger partial charge in [-0.2, -0.15) is 0 Å². The van der Waals surface area contributed by atoms with E-state index in [1.165, 1.54) is 11.1 Å². The molecule has 1 rings (SSSR count). The Bertz CT molecular complexity index is 339. The molecule has 90 valence electrons. The van der Waals surface area contributed by atoms with E-state index >= 15 is 0 Å². The molecule has 0 aliphatic heterocycles. The lowest BCUT2D eigenvalue weighted by atomic mass is 9.96. The molecule has 0 spiro atoms. The number of aryl methyl sites for hydroxylation is 2. The summed E-state index contributed by atoms with van der Waals surface area (Å²) in [5.74, 6) is 0.984. The van der Waals surface area contributed by atoms with Crippen molar-refractivity contribution in [2.45, 2.75) is 46.1 Å². The molecule has 2 N–H and O–H groups in total. The minimum atomic E-state index is -0.0908. The van der Waals surface area contributed by atoms with Crippen molar-refractivity contribution in [3.63, 3.8) is 0 Å². The van der Waals surface area contributed by atoms with Crippen molar-refractivity contribution >= 4 is 0 Å². The second-order valence-electron chi connectivity index (χ2n) is 5.02. The molecule has 0 bridgehead atoms. The van der Waals surface area contributed by atoms with E-state index in [1.807, 2.05) is 6.92 Å². The highest BCUT2D eigenvalue weighted by Crippen LogP contribution is 2.20. The molecule has 16 heavy (non-hydrogen) atoms. The van der Waals surface area contributed by atoms with E-state index in [0.717, 1.165) is 25.2 Å². The number of benzene rings is 1. The van der Waals surface area contributed by atoms with Crippen molar-refractivity contribution in [2.24, 2.45) is 5.73 Å². The fraction of sp³-hybridized carbons (Fsp3) is 0.571. The van der Waals surface area contributed by atoms with Gasteiger partial charge in [-0.15, -0.1) is 0 Å². The van der Waals surface area contributed by atoms with Gasteiger partial charge in [-0.25, -0.2) is 0 Å². The minimum absolute atomic E-state index is 0.0908. The van der Waals surface area contributed by atoms with Crippen LogP contribution in [0.5, 0.6) is 5.75 Å². The SMILES string of the molecule is CCOc1ccc(CCC(C)(C)N)cc1C. The highest BCUT2D eigenvalue weighted by molar-refractivity contribution is 5.36. The van der Waals surface area contributed by atoms with Crippen LogP contribution in [0.2, 0.25) is 0 Å². The number of hydrogen-bond acceptors (Lipinski definition) is 2. The third-order valence-corrected chi connectivity index (χ3v) is 2.60. The summed E-state index contributed by atoms with van der Waals surface area (Å²) in [6, 6.07) is 6.37. The monoisotopic (exact) mass is 221 g/mol. The van der Waals surface area contributed by atoms with E-state index in [4.69, 9.17) is 10.5 Å². The molecule has 0 radical (unpaired) electrons. The van der Waals surface area contributed by atoms with Crippen LogP contribution in [-0.4, -0.2) is 12.1 Å². The van der Waals surface area contributed by atoms with Crippen molar-refractivity contribution in [1.29, 1.82) is 0 Å². The number of rotatable bonds is 5. The van der Waals surface area contributed by atoms with Gasteiger partial charge in [-0.05, 0) is 57.7 Å². The van der Waals surface area contributed by atoms with Gasteiger partial charge in [0.25, 0.3) is 0 Å². The lowest BCUT2D eigenvalue weighted by Crippen LogP contribution is -2.32. The summed E-state index contributed by atoms with van der Waals surface area (Å²) in [5.41, 5.74) is 8.42. The Morgan fingerprint density at radius 2 is 2.00 bits per heavy atom. The van der Waals surface area contributed by atoms with Crippen molar-refractivity contribution in [2.75, 3.05) is 6.61 Å². The Kier molecular flexibility index (Phi) is 4.36. The predicted octanol–water partition coefficient (Wildman–Crippen LogP) is 3.06. The van der Waals surface area contributed by atoms with Crippen LogP contribution >= 0.6 is 0 Å². The summed E-state index contributed by atoms with van der Waals surface area (Å²) >= 11 is 0. The first-order chi connectivity index (χ1) is 7.42. The lowest BCUT2D eigenvalue weighted by molar-refractivity contribution is 0.337. The quantitative estimate of drug-likeness (QED) is 0.829. The maximum absolute atomic E-state index is 5.97. The molecular formula is C14H23NO. The Hall–Kier alpha value is -1.02. The maximum Gasteiger partial charge on any atom is 0.122 e. The molecule has 0 unspecified atom stereocenters. The van der Waals surface area contributed by atoms with Crippen molar-refractivity contribution in [1.82, 2.24) is 0 Å². The molecule has 1 aromatic carbocycles. The first-order valence-corrected chi connectivity index (χ1v) is 5.93. The summed E-state index contributed by atoms with van der Waals surface area (Å²) in [6.45, 7) is 8.94. The van der Waals surface area contributed by atoms with Gasteiger partial charge in [0.2, 0.25) is 0 Å². The van der Waals surface area contributed by atoms with E-state index in [0.29, 0.717) is 0 Å². The van der Waals surface area contributed by atoms with Crippen LogP contribution in [-0.2, 0) is 6.42 Å². The van der Waals surface area contributed by atoms with Gasteiger partial charge < -0.3 is 10.5 Å². The molecule has 0 amide bonds. The Labute approximate surface area is 98.8 Å². The molecule has 0 aliphatic rings. The van der Waals surface area contributed by atoms with Gasteiger partial charge in [0.15, 0.2) is 0 Å². The van der Waals surface area contributed by atoms with Gasteiger partial charge in [0.1, 0.15) is 5.75 Å². The molecule has 0 saturated heterocycles. The normalized spacial score (nSPS) is 11.6. The van der Waals surface area contributed by atoms with Crippen LogP contribution in [0.4, 0.5) is 0 Å². The van der Waals surface area contributed by atoms with Crippen molar-refractivity contribution < 1.29 is 4.74 Å². The van der Waals surface area contributed by atoms with Crippen LogP contribution in [0.15, 0.2) is 18.2 Å². The van der Waals surface area contributed by atoms with Gasteiger partial charge in [0.05, 0.1) is 6.61 Å². The molecule has 2 nitrogen and oxygen atoms in total. The first-order valence-electron chi connectivity index (χ1n) is 5.93. The number of ether oxygens (including phenoxy) is 1. The second-order valence-corrected chi connectivity index (χ2v) is 5.02. The fourth-order valence-electron chi connectivity index (χ4n) is 1.65. The zero-order valence-electron chi connectivity index (χ0n) is 10.8. The second kappa shape index (κ2) is 5.35. The standard InChI is InChI=1S/C14H23NO/c1-5-16-13-7-6-12(10-11(13)2)8-9-14(3,4)15/h6-7,10H,5,8-9,15H2,1-4H3.